The molecule has 1 N–H and O–H groups in total. The molecule has 0 aliphatic rings. The van der Waals surface area contributed by atoms with Crippen LogP contribution in [0.1, 0.15) is 40.8 Å². The summed E-state index contributed by atoms with van der Waals surface area (Å²) in [4.78, 5) is 7.03. The Balaban J connectivity index is 1.62. The predicted octanol–water partition coefficient (Wildman–Crippen LogP) is 4.38. The Labute approximate surface area is 144 Å². The largest absolute Gasteiger partial charge is 0.307 e. The molecular formula is C17H20N4S2. The van der Waals surface area contributed by atoms with Crippen molar-refractivity contribution in [2.45, 2.75) is 39.8 Å². The van der Waals surface area contributed by atoms with E-state index in [1.165, 1.54) is 32.4 Å². The molecule has 0 amide bonds. The van der Waals surface area contributed by atoms with Crippen LogP contribution in [0.25, 0.3) is 10.6 Å². The molecule has 2 heterocycles. The zero-order valence-electron chi connectivity index (χ0n) is 13.5. The Morgan fingerprint density at radius 3 is 2.78 bits per heavy atom. The van der Waals surface area contributed by atoms with Crippen LogP contribution in [0.2, 0.25) is 0 Å². The Kier molecular flexibility index (Phi) is 5.15. The molecule has 2 aromatic heterocycles. The first-order valence-electron chi connectivity index (χ1n) is 7.67. The highest BCUT2D eigenvalue weighted by molar-refractivity contribution is 7.15. The van der Waals surface area contributed by atoms with Crippen LogP contribution in [0.15, 0.2) is 30.5 Å². The first-order chi connectivity index (χ1) is 11.1. The van der Waals surface area contributed by atoms with E-state index in [1.54, 1.807) is 11.3 Å². The van der Waals surface area contributed by atoms with Gasteiger partial charge in [-0.1, -0.05) is 42.6 Å². The first kappa shape index (κ1) is 16.2. The highest BCUT2D eigenvalue weighted by Gasteiger charge is 2.11. The number of nitrogens with one attached hydrogen (secondary N) is 1. The van der Waals surface area contributed by atoms with E-state index in [9.17, 15) is 0 Å². The van der Waals surface area contributed by atoms with Gasteiger partial charge in [0.15, 0.2) is 0 Å². The Morgan fingerprint density at radius 2 is 2.00 bits per heavy atom. The average molecular weight is 345 g/mol. The molecule has 0 saturated heterocycles. The molecule has 0 aliphatic carbocycles. The van der Waals surface area contributed by atoms with E-state index in [1.807, 2.05) is 6.20 Å². The van der Waals surface area contributed by atoms with Crippen molar-refractivity contribution in [3.8, 4) is 10.6 Å². The summed E-state index contributed by atoms with van der Waals surface area (Å²) >= 11 is 3.23. The van der Waals surface area contributed by atoms with Gasteiger partial charge in [-0.05, 0) is 29.9 Å². The molecule has 0 atom stereocenters. The number of benzene rings is 1. The lowest BCUT2D eigenvalue weighted by Gasteiger charge is -2.04. The lowest BCUT2D eigenvalue weighted by Crippen LogP contribution is -2.12. The van der Waals surface area contributed by atoms with Crippen LogP contribution in [-0.4, -0.2) is 14.6 Å². The lowest BCUT2D eigenvalue weighted by atomic mass is 10.1. The van der Waals surface area contributed by atoms with Gasteiger partial charge in [0.2, 0.25) is 0 Å². The molecule has 120 valence electrons. The summed E-state index contributed by atoms with van der Waals surface area (Å²) in [7, 11) is 0. The van der Waals surface area contributed by atoms with Crippen molar-refractivity contribution >= 4 is 22.9 Å². The molecule has 3 aromatic rings. The minimum atomic E-state index is 0.418. The fraction of sp³-hybridized carbons (Fsp3) is 0.353. The van der Waals surface area contributed by atoms with Crippen LogP contribution in [0, 0.1) is 6.92 Å². The smallest absolute Gasteiger partial charge is 0.123 e. The van der Waals surface area contributed by atoms with E-state index >= 15 is 0 Å². The van der Waals surface area contributed by atoms with Crippen molar-refractivity contribution in [3.05, 3.63) is 51.5 Å². The second kappa shape index (κ2) is 7.29. The van der Waals surface area contributed by atoms with Crippen molar-refractivity contribution in [3.63, 3.8) is 0 Å². The van der Waals surface area contributed by atoms with Gasteiger partial charge in [-0.2, -0.15) is 0 Å². The van der Waals surface area contributed by atoms with Gasteiger partial charge in [-0.3, -0.25) is 0 Å². The molecule has 23 heavy (non-hydrogen) atoms. The topological polar surface area (TPSA) is 50.7 Å². The van der Waals surface area contributed by atoms with Crippen LogP contribution >= 0.6 is 22.9 Å². The van der Waals surface area contributed by atoms with Crippen molar-refractivity contribution in [1.29, 1.82) is 0 Å². The summed E-state index contributed by atoms with van der Waals surface area (Å²) in [5.74, 6) is 0.418. The van der Waals surface area contributed by atoms with Crippen molar-refractivity contribution < 1.29 is 0 Å². The SMILES string of the molecule is Cc1ccccc1-c1ncc(CNCc2snnc2C(C)C)s1. The summed E-state index contributed by atoms with van der Waals surface area (Å²) < 4.78 is 4.06. The third kappa shape index (κ3) is 3.83. The summed E-state index contributed by atoms with van der Waals surface area (Å²) in [5, 5.41) is 8.78. The Bertz CT molecular complexity index is 776. The monoisotopic (exact) mass is 344 g/mol. The third-order valence-electron chi connectivity index (χ3n) is 3.65. The van der Waals surface area contributed by atoms with Crippen LogP contribution in [0.4, 0.5) is 0 Å². The van der Waals surface area contributed by atoms with E-state index in [2.05, 4.69) is 64.9 Å². The number of nitrogens with zero attached hydrogens (tertiary/aromatic N) is 3. The number of hydrogen-bond acceptors (Lipinski definition) is 6. The number of aryl methyl sites for hydroxylation is 1. The van der Waals surface area contributed by atoms with Gasteiger partial charge < -0.3 is 5.32 Å². The minimum absolute atomic E-state index is 0.418. The molecule has 0 saturated carbocycles. The van der Waals surface area contributed by atoms with Crippen LogP contribution < -0.4 is 5.32 Å². The zero-order valence-corrected chi connectivity index (χ0v) is 15.2. The number of aromatic nitrogens is 3. The second-order valence-electron chi connectivity index (χ2n) is 5.79. The molecule has 6 heteroatoms. The van der Waals surface area contributed by atoms with E-state index in [0.717, 1.165) is 23.8 Å². The molecule has 0 radical (unpaired) electrons. The highest BCUT2D eigenvalue weighted by atomic mass is 32.1. The Hall–Kier alpha value is -1.63. The van der Waals surface area contributed by atoms with Gasteiger partial charge in [-0.15, -0.1) is 16.4 Å². The average Bonchev–Trinajstić information content (AvgIpc) is 3.17. The molecular weight excluding hydrogens is 324 g/mol. The molecule has 0 spiro atoms. The zero-order chi connectivity index (χ0) is 16.2. The van der Waals surface area contributed by atoms with Gasteiger partial charge in [-0.25, -0.2) is 4.98 Å². The summed E-state index contributed by atoms with van der Waals surface area (Å²) in [5.41, 5.74) is 3.59. The van der Waals surface area contributed by atoms with E-state index in [-0.39, 0.29) is 0 Å². The third-order valence-corrected chi connectivity index (χ3v) is 5.41. The van der Waals surface area contributed by atoms with Gasteiger partial charge in [0, 0.05) is 29.7 Å². The molecule has 0 aliphatic heterocycles. The lowest BCUT2D eigenvalue weighted by molar-refractivity contribution is 0.690. The minimum Gasteiger partial charge on any atom is -0.307 e. The summed E-state index contributed by atoms with van der Waals surface area (Å²) in [6.45, 7) is 8.05. The highest BCUT2D eigenvalue weighted by Crippen LogP contribution is 2.27. The van der Waals surface area contributed by atoms with Crippen molar-refractivity contribution in [1.82, 2.24) is 19.9 Å². The molecule has 0 unspecified atom stereocenters. The fourth-order valence-corrected chi connectivity index (χ4v) is 4.14. The molecule has 3 rings (SSSR count). The number of hydrogen-bond donors (Lipinski definition) is 1. The van der Waals surface area contributed by atoms with Gasteiger partial charge in [0.05, 0.1) is 10.6 Å². The van der Waals surface area contributed by atoms with Crippen LogP contribution in [-0.2, 0) is 13.1 Å². The van der Waals surface area contributed by atoms with E-state index < -0.39 is 0 Å². The fourth-order valence-electron chi connectivity index (χ4n) is 2.40. The molecule has 0 fully saturated rings. The molecule has 4 nitrogen and oxygen atoms in total. The van der Waals surface area contributed by atoms with E-state index in [0.29, 0.717) is 5.92 Å². The van der Waals surface area contributed by atoms with Crippen LogP contribution in [0.5, 0.6) is 0 Å². The van der Waals surface area contributed by atoms with E-state index in [4.69, 9.17) is 0 Å². The standard InChI is InChI=1S/C17H20N4S2/c1-11(2)16-15(23-21-20-16)10-18-8-13-9-19-17(22-13)14-7-5-4-6-12(14)3/h4-7,9,11,18H,8,10H2,1-3H3. The maximum atomic E-state index is 4.57. The molecule has 0 bridgehead atoms. The second-order valence-corrected chi connectivity index (χ2v) is 7.74. The van der Waals surface area contributed by atoms with Crippen LogP contribution in [0.3, 0.4) is 0 Å². The maximum absolute atomic E-state index is 4.57. The molecule has 1 aromatic carbocycles. The van der Waals surface area contributed by atoms with Gasteiger partial charge in [0.25, 0.3) is 0 Å². The summed E-state index contributed by atoms with van der Waals surface area (Å²) in [6.07, 6.45) is 1.97. The first-order valence-corrected chi connectivity index (χ1v) is 9.26. The van der Waals surface area contributed by atoms with Crippen molar-refractivity contribution in [2.24, 2.45) is 0 Å². The maximum Gasteiger partial charge on any atom is 0.123 e. The normalized spacial score (nSPS) is 11.3. The van der Waals surface area contributed by atoms with Crippen molar-refractivity contribution in [2.75, 3.05) is 0 Å². The summed E-state index contributed by atoms with van der Waals surface area (Å²) in [6, 6.07) is 8.37. The number of rotatable bonds is 6. The quantitative estimate of drug-likeness (QED) is 0.721. The Morgan fingerprint density at radius 1 is 1.17 bits per heavy atom. The van der Waals surface area contributed by atoms with Gasteiger partial charge in [0.1, 0.15) is 5.01 Å². The van der Waals surface area contributed by atoms with Gasteiger partial charge >= 0.3 is 0 Å². The predicted molar refractivity (Wildman–Crippen MR) is 96.8 cm³/mol. The number of thiazole rings is 1.